The number of halogens is 1. The number of aryl methyl sites for hydroxylation is 2. The third kappa shape index (κ3) is 3.58. The van der Waals surface area contributed by atoms with Gasteiger partial charge < -0.3 is 0 Å². The van der Waals surface area contributed by atoms with Crippen LogP contribution >= 0.6 is 11.6 Å². The van der Waals surface area contributed by atoms with Crippen LogP contribution in [0.2, 0.25) is 5.02 Å². The predicted molar refractivity (Wildman–Crippen MR) is 122 cm³/mol. The largest absolute Gasteiger partial charge is 0.326 e. The standard InChI is InChI=1S/C24H23ClN4O3/c1-4-12-28-22(30)20(21(24(28)32)27-13-6-7-15(3)14-27)19-18(5-2)26-29(23(19)31)17-10-8-16(25)9-11-17/h6-11,13-14H,4-5,12H2,1-3H3/p+1. The molecule has 0 saturated carbocycles. The van der Waals surface area contributed by atoms with Gasteiger partial charge in [0.05, 0.1) is 11.3 Å². The second-order valence-electron chi connectivity index (χ2n) is 7.71. The lowest BCUT2D eigenvalue weighted by atomic mass is 10.0. The van der Waals surface area contributed by atoms with Gasteiger partial charge in [0.1, 0.15) is 5.57 Å². The molecule has 0 saturated heterocycles. The van der Waals surface area contributed by atoms with Gasteiger partial charge in [-0.3, -0.25) is 24.4 Å². The number of imide groups is 1. The quantitative estimate of drug-likeness (QED) is 0.462. The zero-order chi connectivity index (χ0) is 23.0. The Bertz CT molecular complexity index is 1300. The van der Waals surface area contributed by atoms with Crippen molar-refractivity contribution in [2.45, 2.75) is 33.6 Å². The molecule has 1 N–H and O–H groups in total. The highest BCUT2D eigenvalue weighted by Gasteiger charge is 2.46. The zero-order valence-electron chi connectivity index (χ0n) is 18.2. The topological polar surface area (TPSA) is 79.1 Å². The SMILES string of the molecule is CCCN1C(=O)C(c2c(CC)[nH]n(-c3ccc(Cl)cc3)c2=O)=C([n+]2cccc(C)c2)C1=O. The smallest absolute Gasteiger partial charge is 0.294 e. The van der Waals surface area contributed by atoms with E-state index < -0.39 is 11.8 Å². The number of hydrogen-bond donors (Lipinski definition) is 1. The number of aromatic amines is 1. The summed E-state index contributed by atoms with van der Waals surface area (Å²) in [5.74, 6) is -0.849. The molecule has 0 radical (unpaired) electrons. The molecule has 4 rings (SSSR count). The number of benzene rings is 1. The fourth-order valence-corrected chi connectivity index (χ4v) is 4.08. The van der Waals surface area contributed by atoms with Gasteiger partial charge in [-0.1, -0.05) is 25.4 Å². The maximum Gasteiger partial charge on any atom is 0.326 e. The van der Waals surface area contributed by atoms with Crippen LogP contribution in [0.25, 0.3) is 17.0 Å². The highest BCUT2D eigenvalue weighted by Crippen LogP contribution is 2.30. The molecule has 8 heteroatoms. The van der Waals surface area contributed by atoms with Crippen molar-refractivity contribution < 1.29 is 14.2 Å². The van der Waals surface area contributed by atoms with Gasteiger partial charge in [0.15, 0.2) is 12.4 Å². The minimum absolute atomic E-state index is 0.130. The van der Waals surface area contributed by atoms with Crippen molar-refractivity contribution in [1.29, 1.82) is 0 Å². The number of pyridine rings is 1. The third-order valence-corrected chi connectivity index (χ3v) is 5.70. The lowest BCUT2D eigenvalue weighted by molar-refractivity contribution is -0.577. The molecule has 7 nitrogen and oxygen atoms in total. The number of amides is 2. The van der Waals surface area contributed by atoms with Gasteiger partial charge in [0, 0.05) is 28.9 Å². The van der Waals surface area contributed by atoms with Crippen LogP contribution in [0.3, 0.4) is 0 Å². The summed E-state index contributed by atoms with van der Waals surface area (Å²) in [6, 6.07) is 10.5. The van der Waals surface area contributed by atoms with E-state index in [1.165, 1.54) is 9.58 Å². The van der Waals surface area contributed by atoms with Crippen LogP contribution in [0.1, 0.15) is 37.1 Å². The Balaban J connectivity index is 2.00. The fourth-order valence-electron chi connectivity index (χ4n) is 3.96. The molecule has 2 aromatic heterocycles. The number of hydrogen-bond acceptors (Lipinski definition) is 3. The maximum atomic E-state index is 13.6. The maximum absolute atomic E-state index is 13.6. The molecule has 0 spiro atoms. The molecule has 3 heterocycles. The van der Waals surface area contributed by atoms with E-state index in [0.717, 1.165) is 5.56 Å². The molecule has 0 fully saturated rings. The van der Waals surface area contributed by atoms with Gasteiger partial charge in [-0.2, -0.15) is 4.57 Å². The number of nitrogens with one attached hydrogen (secondary N) is 1. The van der Waals surface area contributed by atoms with Crippen LogP contribution in [-0.2, 0) is 16.0 Å². The number of H-pyrrole nitrogens is 1. The van der Waals surface area contributed by atoms with Crippen molar-refractivity contribution in [3.05, 3.63) is 81.0 Å². The van der Waals surface area contributed by atoms with Gasteiger partial charge in [-0.05, 0) is 50.1 Å². The molecule has 1 aromatic carbocycles. The van der Waals surface area contributed by atoms with E-state index in [1.807, 2.05) is 32.9 Å². The minimum Gasteiger partial charge on any atom is -0.294 e. The Kier molecular flexibility index (Phi) is 5.84. The first-order valence-electron chi connectivity index (χ1n) is 10.6. The average Bonchev–Trinajstić information content (AvgIpc) is 3.22. The van der Waals surface area contributed by atoms with Crippen LogP contribution < -0.4 is 10.1 Å². The van der Waals surface area contributed by atoms with Crippen molar-refractivity contribution in [2.75, 3.05) is 6.54 Å². The van der Waals surface area contributed by atoms with E-state index in [1.54, 1.807) is 41.2 Å². The Labute approximate surface area is 190 Å². The summed E-state index contributed by atoms with van der Waals surface area (Å²) in [7, 11) is 0. The molecule has 0 unspecified atom stereocenters. The lowest BCUT2D eigenvalue weighted by Gasteiger charge is -2.11. The van der Waals surface area contributed by atoms with Crippen molar-refractivity contribution in [3.63, 3.8) is 0 Å². The number of carbonyl (C=O) groups is 2. The summed E-state index contributed by atoms with van der Waals surface area (Å²) >= 11 is 5.99. The molecule has 1 aliphatic rings. The molecule has 164 valence electrons. The molecule has 3 aromatic rings. The van der Waals surface area contributed by atoms with Crippen LogP contribution in [0.5, 0.6) is 0 Å². The zero-order valence-corrected chi connectivity index (χ0v) is 18.9. The van der Waals surface area contributed by atoms with Crippen molar-refractivity contribution >= 4 is 34.7 Å². The Hall–Kier alpha value is -3.45. The molecule has 0 bridgehead atoms. The van der Waals surface area contributed by atoms with E-state index in [-0.39, 0.29) is 28.9 Å². The van der Waals surface area contributed by atoms with Crippen LogP contribution in [-0.4, -0.2) is 33.0 Å². The average molecular weight is 452 g/mol. The second kappa shape index (κ2) is 8.59. The van der Waals surface area contributed by atoms with Gasteiger partial charge >= 0.3 is 5.91 Å². The summed E-state index contributed by atoms with van der Waals surface area (Å²) in [6.45, 7) is 5.99. The molecule has 32 heavy (non-hydrogen) atoms. The summed E-state index contributed by atoms with van der Waals surface area (Å²) in [5, 5.41) is 3.67. The van der Waals surface area contributed by atoms with Crippen molar-refractivity contribution in [2.24, 2.45) is 0 Å². The number of carbonyl (C=O) groups excluding carboxylic acids is 2. The monoisotopic (exact) mass is 451 g/mol. The first-order chi connectivity index (χ1) is 15.4. The van der Waals surface area contributed by atoms with Gasteiger partial charge in [-0.25, -0.2) is 4.68 Å². The Morgan fingerprint density at radius 1 is 1.03 bits per heavy atom. The van der Waals surface area contributed by atoms with Gasteiger partial charge in [0.25, 0.3) is 17.2 Å². The van der Waals surface area contributed by atoms with Crippen LogP contribution in [0.15, 0.2) is 53.6 Å². The van der Waals surface area contributed by atoms with E-state index in [9.17, 15) is 14.4 Å². The second-order valence-corrected chi connectivity index (χ2v) is 8.15. The molecular formula is C24H24ClN4O3+. The lowest BCUT2D eigenvalue weighted by Crippen LogP contribution is -2.40. The van der Waals surface area contributed by atoms with Crippen LogP contribution in [0, 0.1) is 6.92 Å². The first-order valence-corrected chi connectivity index (χ1v) is 10.9. The Morgan fingerprint density at radius 2 is 1.75 bits per heavy atom. The molecule has 1 aliphatic heterocycles. The number of aromatic nitrogens is 3. The highest BCUT2D eigenvalue weighted by atomic mass is 35.5. The highest BCUT2D eigenvalue weighted by molar-refractivity contribution is 6.44. The first kappa shape index (κ1) is 21.8. The number of rotatable bonds is 6. The summed E-state index contributed by atoms with van der Waals surface area (Å²) in [4.78, 5) is 41.5. The van der Waals surface area contributed by atoms with E-state index in [2.05, 4.69) is 5.10 Å². The molecular weight excluding hydrogens is 428 g/mol. The third-order valence-electron chi connectivity index (χ3n) is 5.45. The predicted octanol–water partition coefficient (Wildman–Crippen LogP) is 3.12. The molecule has 0 atom stereocenters. The minimum atomic E-state index is -0.449. The van der Waals surface area contributed by atoms with E-state index in [4.69, 9.17) is 11.6 Å². The molecule has 0 aliphatic carbocycles. The van der Waals surface area contributed by atoms with Crippen molar-refractivity contribution in [1.82, 2.24) is 14.7 Å². The summed E-state index contributed by atoms with van der Waals surface area (Å²) in [5.41, 5.74) is 2.27. The van der Waals surface area contributed by atoms with Crippen LogP contribution in [0.4, 0.5) is 0 Å². The summed E-state index contributed by atoms with van der Waals surface area (Å²) < 4.78 is 3.02. The fraction of sp³-hybridized carbons (Fsp3) is 0.250. The van der Waals surface area contributed by atoms with E-state index in [0.29, 0.717) is 29.2 Å². The van der Waals surface area contributed by atoms with Crippen molar-refractivity contribution in [3.8, 4) is 5.69 Å². The van der Waals surface area contributed by atoms with Gasteiger partial charge in [-0.15, -0.1) is 0 Å². The Morgan fingerprint density at radius 3 is 2.38 bits per heavy atom. The molecule has 2 amide bonds. The summed E-state index contributed by atoms with van der Waals surface area (Å²) in [6.07, 6.45) is 4.61. The van der Waals surface area contributed by atoms with E-state index >= 15 is 0 Å². The number of nitrogens with zero attached hydrogens (tertiary/aromatic N) is 3. The van der Waals surface area contributed by atoms with Gasteiger partial charge in [0.2, 0.25) is 0 Å². The normalized spacial score (nSPS) is 14.1.